The summed E-state index contributed by atoms with van der Waals surface area (Å²) in [5.74, 6) is 0.663. The van der Waals surface area contributed by atoms with Crippen LogP contribution in [0.15, 0.2) is 41.0 Å². The molecule has 0 spiro atoms. The number of halogens is 2. The van der Waals surface area contributed by atoms with Crippen LogP contribution < -0.4 is 15.4 Å². The summed E-state index contributed by atoms with van der Waals surface area (Å²) in [5.41, 5.74) is 6.42. The number of ether oxygens (including phenoxy) is 1. The second-order valence-electron chi connectivity index (χ2n) is 4.45. The summed E-state index contributed by atoms with van der Waals surface area (Å²) in [6.45, 7) is 1.12. The van der Waals surface area contributed by atoms with Crippen LogP contribution in [0.2, 0.25) is 0 Å². The summed E-state index contributed by atoms with van der Waals surface area (Å²) < 4.78 is 19.9. The van der Waals surface area contributed by atoms with Gasteiger partial charge in [-0.25, -0.2) is 9.37 Å². The highest BCUT2D eigenvalue weighted by Crippen LogP contribution is 2.29. The molecule has 0 atom stereocenters. The Labute approximate surface area is 131 Å². The molecule has 0 aliphatic rings. The van der Waals surface area contributed by atoms with Crippen LogP contribution in [-0.4, -0.2) is 25.2 Å². The number of pyridine rings is 1. The molecule has 1 aromatic carbocycles. The van der Waals surface area contributed by atoms with Crippen LogP contribution in [0.5, 0.6) is 5.75 Å². The van der Waals surface area contributed by atoms with Gasteiger partial charge in [-0.05, 0) is 59.2 Å². The third-order valence-corrected chi connectivity index (χ3v) is 3.45. The lowest BCUT2D eigenvalue weighted by molar-refractivity contribution is 0.415. The number of benzene rings is 1. The molecular formula is C15H17BrFN3O. The average molecular weight is 354 g/mol. The number of nitrogens with zero attached hydrogens (tertiary/aromatic N) is 2. The van der Waals surface area contributed by atoms with Crippen molar-refractivity contribution in [1.82, 2.24) is 4.98 Å². The fourth-order valence-electron chi connectivity index (χ4n) is 1.97. The van der Waals surface area contributed by atoms with E-state index in [4.69, 9.17) is 10.5 Å². The second kappa shape index (κ2) is 7.38. The maximum atomic E-state index is 14.2. The van der Waals surface area contributed by atoms with Crippen molar-refractivity contribution in [1.29, 1.82) is 0 Å². The lowest BCUT2D eigenvalue weighted by atomic mass is 10.2. The smallest absolute Gasteiger partial charge is 0.169 e. The first-order chi connectivity index (χ1) is 10.2. The molecule has 112 valence electrons. The molecule has 0 unspecified atom stereocenters. The molecule has 0 radical (unpaired) electrons. The van der Waals surface area contributed by atoms with Gasteiger partial charge in [0, 0.05) is 22.9 Å². The minimum atomic E-state index is -0.378. The van der Waals surface area contributed by atoms with E-state index in [1.165, 1.54) is 6.07 Å². The Morgan fingerprint density at radius 1 is 1.33 bits per heavy atom. The summed E-state index contributed by atoms with van der Waals surface area (Å²) in [4.78, 5) is 6.00. The van der Waals surface area contributed by atoms with E-state index in [9.17, 15) is 4.39 Å². The first-order valence-corrected chi connectivity index (χ1v) is 7.37. The molecule has 0 amide bonds. The lowest BCUT2D eigenvalue weighted by Gasteiger charge is -2.24. The topological polar surface area (TPSA) is 51.4 Å². The summed E-state index contributed by atoms with van der Waals surface area (Å²) in [6.07, 6.45) is 2.32. The van der Waals surface area contributed by atoms with Crippen LogP contribution in [0.3, 0.4) is 0 Å². The number of rotatable bonds is 6. The van der Waals surface area contributed by atoms with E-state index >= 15 is 0 Å². The summed E-state index contributed by atoms with van der Waals surface area (Å²) in [6, 6.07) is 8.82. The summed E-state index contributed by atoms with van der Waals surface area (Å²) in [7, 11) is 1.61. The van der Waals surface area contributed by atoms with E-state index in [0.29, 0.717) is 17.6 Å². The number of methoxy groups -OCH3 is 1. The van der Waals surface area contributed by atoms with Crippen molar-refractivity contribution in [3.05, 3.63) is 46.8 Å². The zero-order valence-electron chi connectivity index (χ0n) is 11.7. The molecule has 2 rings (SSSR count). The van der Waals surface area contributed by atoms with Gasteiger partial charge in [0.25, 0.3) is 0 Å². The van der Waals surface area contributed by atoms with Gasteiger partial charge in [0.1, 0.15) is 5.75 Å². The standard InChI is InChI=1S/C15H17BrFN3O/c1-21-13-5-3-12(4-6-13)20(8-2-7-18)15-14(17)9-11(16)10-19-15/h3-6,9-10H,2,7-8,18H2,1H3. The van der Waals surface area contributed by atoms with Crippen LogP contribution in [-0.2, 0) is 0 Å². The Bertz CT molecular complexity index is 592. The molecule has 6 heteroatoms. The van der Waals surface area contributed by atoms with Crippen LogP contribution in [0.4, 0.5) is 15.9 Å². The number of nitrogens with two attached hydrogens (primary N) is 1. The number of hydrogen-bond donors (Lipinski definition) is 1. The van der Waals surface area contributed by atoms with Gasteiger partial charge in [-0.2, -0.15) is 0 Å². The number of aromatic nitrogens is 1. The normalized spacial score (nSPS) is 10.5. The monoisotopic (exact) mass is 353 g/mol. The van der Waals surface area contributed by atoms with E-state index in [-0.39, 0.29) is 11.6 Å². The minimum Gasteiger partial charge on any atom is -0.497 e. The minimum absolute atomic E-state index is 0.289. The van der Waals surface area contributed by atoms with Crippen molar-refractivity contribution in [2.45, 2.75) is 6.42 Å². The van der Waals surface area contributed by atoms with Crippen LogP contribution in [0, 0.1) is 5.82 Å². The maximum Gasteiger partial charge on any atom is 0.169 e. The van der Waals surface area contributed by atoms with Gasteiger partial charge >= 0.3 is 0 Å². The number of anilines is 2. The fourth-order valence-corrected chi connectivity index (χ4v) is 2.28. The van der Waals surface area contributed by atoms with Crippen molar-refractivity contribution in [2.24, 2.45) is 5.73 Å². The Morgan fingerprint density at radius 2 is 2.05 bits per heavy atom. The van der Waals surface area contributed by atoms with Crippen molar-refractivity contribution in [3.8, 4) is 5.75 Å². The fraction of sp³-hybridized carbons (Fsp3) is 0.267. The van der Waals surface area contributed by atoms with Crippen molar-refractivity contribution in [2.75, 3.05) is 25.1 Å². The third kappa shape index (κ3) is 3.92. The van der Waals surface area contributed by atoms with Crippen molar-refractivity contribution >= 4 is 27.4 Å². The first-order valence-electron chi connectivity index (χ1n) is 6.58. The Morgan fingerprint density at radius 3 is 2.62 bits per heavy atom. The van der Waals surface area contributed by atoms with E-state index in [2.05, 4.69) is 20.9 Å². The number of hydrogen-bond acceptors (Lipinski definition) is 4. The SMILES string of the molecule is COc1ccc(N(CCCN)c2ncc(Br)cc2F)cc1. The van der Waals surface area contributed by atoms with E-state index in [1.54, 1.807) is 13.3 Å². The molecule has 21 heavy (non-hydrogen) atoms. The molecule has 1 aromatic heterocycles. The summed E-state index contributed by atoms with van der Waals surface area (Å²) >= 11 is 3.22. The van der Waals surface area contributed by atoms with Gasteiger partial charge in [0.05, 0.1) is 7.11 Å². The largest absolute Gasteiger partial charge is 0.497 e. The van der Waals surface area contributed by atoms with Crippen molar-refractivity contribution in [3.63, 3.8) is 0 Å². The van der Waals surface area contributed by atoms with Gasteiger partial charge in [-0.1, -0.05) is 0 Å². The highest BCUT2D eigenvalue weighted by atomic mass is 79.9. The predicted octanol–water partition coefficient (Wildman–Crippen LogP) is 3.48. The van der Waals surface area contributed by atoms with Gasteiger partial charge in [0.2, 0.25) is 0 Å². The molecular weight excluding hydrogens is 337 g/mol. The van der Waals surface area contributed by atoms with Gasteiger partial charge in [-0.3, -0.25) is 0 Å². The molecule has 0 aliphatic carbocycles. The van der Waals surface area contributed by atoms with E-state index < -0.39 is 0 Å². The molecule has 0 saturated carbocycles. The average Bonchev–Trinajstić information content (AvgIpc) is 2.50. The summed E-state index contributed by atoms with van der Waals surface area (Å²) in [5, 5.41) is 0. The first kappa shape index (κ1) is 15.7. The zero-order valence-corrected chi connectivity index (χ0v) is 13.3. The molecule has 0 bridgehead atoms. The van der Waals surface area contributed by atoms with Gasteiger partial charge in [0.15, 0.2) is 11.6 Å². The molecule has 2 N–H and O–H groups in total. The molecule has 1 heterocycles. The lowest BCUT2D eigenvalue weighted by Crippen LogP contribution is -2.23. The highest BCUT2D eigenvalue weighted by molar-refractivity contribution is 9.10. The van der Waals surface area contributed by atoms with E-state index in [0.717, 1.165) is 17.9 Å². The molecule has 2 aromatic rings. The quantitative estimate of drug-likeness (QED) is 0.863. The molecule has 0 fully saturated rings. The predicted molar refractivity (Wildman–Crippen MR) is 85.6 cm³/mol. The zero-order chi connectivity index (χ0) is 15.2. The van der Waals surface area contributed by atoms with Crippen LogP contribution in [0.25, 0.3) is 0 Å². The Balaban J connectivity index is 2.36. The van der Waals surface area contributed by atoms with Crippen LogP contribution in [0.1, 0.15) is 6.42 Å². The van der Waals surface area contributed by atoms with E-state index in [1.807, 2.05) is 29.2 Å². The molecule has 4 nitrogen and oxygen atoms in total. The van der Waals surface area contributed by atoms with Crippen LogP contribution >= 0.6 is 15.9 Å². The highest BCUT2D eigenvalue weighted by Gasteiger charge is 2.15. The van der Waals surface area contributed by atoms with Crippen molar-refractivity contribution < 1.29 is 9.13 Å². The Hall–Kier alpha value is -1.66. The third-order valence-electron chi connectivity index (χ3n) is 3.01. The maximum absolute atomic E-state index is 14.2. The molecule has 0 aliphatic heterocycles. The second-order valence-corrected chi connectivity index (χ2v) is 5.37. The molecule has 0 saturated heterocycles. The van der Waals surface area contributed by atoms with Gasteiger partial charge in [-0.15, -0.1) is 0 Å². The Kier molecular flexibility index (Phi) is 5.52. The van der Waals surface area contributed by atoms with Gasteiger partial charge < -0.3 is 15.4 Å².